The maximum absolute atomic E-state index is 11.7. The number of carbonyl (C=O) groups excluding carboxylic acids is 2. The third kappa shape index (κ3) is 0.904. The number of rotatable bonds is 1. The number of nitrogens with one attached hydrogen (secondary N) is 2. The minimum Gasteiger partial charge on any atom is -0.302 e. The Morgan fingerprint density at radius 3 is 2.21 bits per heavy atom. The lowest BCUT2D eigenvalue weighted by Gasteiger charge is -2.25. The number of carbonyl (C=O) groups is 2. The molecular formula is C9H12N2O2S. The average molecular weight is 212 g/mol. The molecule has 1 aliphatic heterocycles. The molecular weight excluding hydrogens is 200 g/mol. The highest BCUT2D eigenvalue weighted by molar-refractivity contribution is 7.80. The van der Waals surface area contributed by atoms with Crippen molar-refractivity contribution in [1.82, 2.24) is 10.6 Å². The van der Waals surface area contributed by atoms with Crippen LogP contribution < -0.4 is 10.6 Å². The number of hydrogen-bond donors (Lipinski definition) is 2. The second-order valence-electron chi connectivity index (χ2n) is 4.23. The summed E-state index contributed by atoms with van der Waals surface area (Å²) >= 11 is 4.74. The van der Waals surface area contributed by atoms with Crippen molar-refractivity contribution in [2.75, 3.05) is 0 Å². The lowest BCUT2D eigenvalue weighted by atomic mass is 9.89. The van der Waals surface area contributed by atoms with Crippen molar-refractivity contribution in [2.24, 2.45) is 10.8 Å². The second-order valence-corrected chi connectivity index (χ2v) is 4.64. The molecule has 1 saturated heterocycles. The van der Waals surface area contributed by atoms with Gasteiger partial charge in [0.15, 0.2) is 5.11 Å². The van der Waals surface area contributed by atoms with Crippen molar-refractivity contribution in [3.63, 3.8) is 0 Å². The Balaban J connectivity index is 2.34. The van der Waals surface area contributed by atoms with Crippen LogP contribution in [0.2, 0.25) is 0 Å². The van der Waals surface area contributed by atoms with E-state index in [0.29, 0.717) is 6.42 Å². The molecule has 1 aliphatic carbocycles. The zero-order valence-electron chi connectivity index (χ0n) is 8.14. The molecule has 0 bridgehead atoms. The lowest BCUT2D eigenvalue weighted by Crippen LogP contribution is -2.58. The van der Waals surface area contributed by atoms with Crippen LogP contribution in [-0.4, -0.2) is 16.9 Å². The van der Waals surface area contributed by atoms with Crippen LogP contribution in [0.3, 0.4) is 0 Å². The van der Waals surface area contributed by atoms with Crippen LogP contribution in [0, 0.1) is 10.8 Å². The van der Waals surface area contributed by atoms with Gasteiger partial charge in [-0.05, 0) is 30.5 Å². The highest BCUT2D eigenvalue weighted by atomic mass is 32.1. The molecule has 5 heteroatoms. The predicted octanol–water partition coefficient (Wildman–Crippen LogP) is 0.324. The highest BCUT2D eigenvalue weighted by Gasteiger charge is 2.74. The van der Waals surface area contributed by atoms with Crippen LogP contribution in [0.4, 0.5) is 0 Å². The van der Waals surface area contributed by atoms with Crippen molar-refractivity contribution >= 4 is 29.1 Å². The topological polar surface area (TPSA) is 58.2 Å². The molecule has 2 amide bonds. The van der Waals surface area contributed by atoms with Crippen LogP contribution in [0.1, 0.15) is 26.7 Å². The van der Waals surface area contributed by atoms with E-state index in [9.17, 15) is 9.59 Å². The average Bonchev–Trinajstić information content (AvgIpc) is 2.72. The Hall–Kier alpha value is -0.970. The summed E-state index contributed by atoms with van der Waals surface area (Å²) < 4.78 is 0. The molecule has 76 valence electrons. The van der Waals surface area contributed by atoms with E-state index in [2.05, 4.69) is 10.6 Å². The van der Waals surface area contributed by atoms with Crippen molar-refractivity contribution < 1.29 is 9.59 Å². The van der Waals surface area contributed by atoms with Crippen LogP contribution in [0.5, 0.6) is 0 Å². The Bertz CT molecular complexity index is 333. The second kappa shape index (κ2) is 2.53. The summed E-state index contributed by atoms with van der Waals surface area (Å²) in [6.45, 7) is 3.95. The zero-order chi connectivity index (χ0) is 10.6. The third-order valence-corrected chi connectivity index (χ3v) is 3.77. The van der Waals surface area contributed by atoms with E-state index in [-0.39, 0.29) is 22.3 Å². The van der Waals surface area contributed by atoms with Gasteiger partial charge in [-0.25, -0.2) is 0 Å². The number of thiocarbonyl (C=S) groups is 1. The molecule has 1 heterocycles. The van der Waals surface area contributed by atoms with Crippen LogP contribution in [-0.2, 0) is 9.59 Å². The molecule has 2 aliphatic rings. The molecule has 0 radical (unpaired) electrons. The molecule has 0 unspecified atom stereocenters. The van der Waals surface area contributed by atoms with Crippen molar-refractivity contribution in [3.8, 4) is 0 Å². The maximum atomic E-state index is 11.7. The van der Waals surface area contributed by atoms with E-state index >= 15 is 0 Å². The van der Waals surface area contributed by atoms with Crippen LogP contribution in [0.15, 0.2) is 0 Å². The first-order valence-corrected chi connectivity index (χ1v) is 5.04. The van der Waals surface area contributed by atoms with Crippen LogP contribution >= 0.6 is 12.2 Å². The molecule has 1 saturated carbocycles. The van der Waals surface area contributed by atoms with E-state index in [1.807, 2.05) is 13.8 Å². The maximum Gasteiger partial charge on any atom is 0.242 e. The first kappa shape index (κ1) is 9.58. The largest absolute Gasteiger partial charge is 0.302 e. The summed E-state index contributed by atoms with van der Waals surface area (Å²) in [5.74, 6) is -0.480. The van der Waals surface area contributed by atoms with Crippen molar-refractivity contribution in [3.05, 3.63) is 0 Å². The molecule has 2 rings (SSSR count). The van der Waals surface area contributed by atoms with Gasteiger partial charge >= 0.3 is 0 Å². The summed E-state index contributed by atoms with van der Waals surface area (Å²) in [5, 5.41) is 5.15. The van der Waals surface area contributed by atoms with Gasteiger partial charge in [-0.1, -0.05) is 13.8 Å². The molecule has 0 aromatic carbocycles. The minimum atomic E-state index is -0.857. The van der Waals surface area contributed by atoms with Gasteiger partial charge in [-0.2, -0.15) is 0 Å². The van der Waals surface area contributed by atoms with Gasteiger partial charge in [0, 0.05) is 0 Å². The number of hydrogen-bond acceptors (Lipinski definition) is 3. The van der Waals surface area contributed by atoms with Gasteiger partial charge in [0.05, 0.1) is 0 Å². The Morgan fingerprint density at radius 1 is 1.36 bits per heavy atom. The molecule has 1 spiro atoms. The molecule has 4 nitrogen and oxygen atoms in total. The van der Waals surface area contributed by atoms with Gasteiger partial charge in [-0.3, -0.25) is 9.59 Å². The normalized spacial score (nSPS) is 34.0. The molecule has 0 aromatic heterocycles. The fourth-order valence-corrected chi connectivity index (χ4v) is 2.42. The molecule has 1 atom stereocenters. The van der Waals surface area contributed by atoms with E-state index in [0.717, 1.165) is 6.42 Å². The van der Waals surface area contributed by atoms with E-state index in [1.165, 1.54) is 0 Å². The minimum absolute atomic E-state index is 0.121. The Kier molecular flexibility index (Phi) is 1.73. The molecule has 0 aromatic rings. The lowest BCUT2D eigenvalue weighted by molar-refractivity contribution is -0.138. The van der Waals surface area contributed by atoms with E-state index in [1.54, 1.807) is 0 Å². The summed E-state index contributed by atoms with van der Waals surface area (Å²) in [6, 6.07) is 0. The number of amides is 2. The zero-order valence-corrected chi connectivity index (χ0v) is 8.96. The van der Waals surface area contributed by atoms with Gasteiger partial charge in [0.25, 0.3) is 0 Å². The summed E-state index contributed by atoms with van der Waals surface area (Å²) in [5.41, 5.74) is -1.05. The molecule has 2 N–H and O–H groups in total. The first-order valence-electron chi connectivity index (χ1n) is 4.63. The van der Waals surface area contributed by atoms with E-state index < -0.39 is 5.41 Å². The monoisotopic (exact) mass is 212 g/mol. The standard InChI is InChI=1S/C9H12N2O2S/c1-3-8(2)4-9(8)5(12)10-7(14)11-6(9)13/h3-4H2,1-2H3,(H2,10,11,12,13,14)/t8-/m1/s1. The van der Waals surface area contributed by atoms with Crippen LogP contribution in [0.25, 0.3) is 0 Å². The van der Waals surface area contributed by atoms with Crippen molar-refractivity contribution in [2.45, 2.75) is 26.7 Å². The SMILES string of the molecule is CC[C@]1(C)CC12C(=O)NC(=S)NC2=O. The Labute approximate surface area is 87.4 Å². The molecule has 14 heavy (non-hydrogen) atoms. The quantitative estimate of drug-likeness (QED) is 0.486. The smallest absolute Gasteiger partial charge is 0.242 e. The first-order chi connectivity index (χ1) is 6.46. The highest BCUT2D eigenvalue weighted by Crippen LogP contribution is 2.66. The van der Waals surface area contributed by atoms with Gasteiger partial charge < -0.3 is 10.6 Å². The summed E-state index contributed by atoms with van der Waals surface area (Å²) in [6.07, 6.45) is 1.44. The van der Waals surface area contributed by atoms with Gasteiger partial charge in [0.2, 0.25) is 11.8 Å². The van der Waals surface area contributed by atoms with E-state index in [4.69, 9.17) is 12.2 Å². The molecule has 2 fully saturated rings. The third-order valence-electron chi connectivity index (χ3n) is 3.57. The predicted molar refractivity (Wildman–Crippen MR) is 54.3 cm³/mol. The summed E-state index contributed by atoms with van der Waals surface area (Å²) in [4.78, 5) is 23.4. The van der Waals surface area contributed by atoms with Gasteiger partial charge in [-0.15, -0.1) is 0 Å². The summed E-state index contributed by atoms with van der Waals surface area (Å²) in [7, 11) is 0. The Morgan fingerprint density at radius 2 is 1.86 bits per heavy atom. The van der Waals surface area contributed by atoms with Crippen molar-refractivity contribution in [1.29, 1.82) is 0 Å². The van der Waals surface area contributed by atoms with Gasteiger partial charge in [0.1, 0.15) is 5.41 Å². The fraction of sp³-hybridized carbons (Fsp3) is 0.667. The fourth-order valence-electron chi connectivity index (χ4n) is 2.23.